The Labute approximate surface area is 172 Å². The fourth-order valence-corrected chi connectivity index (χ4v) is 4.27. The van der Waals surface area contributed by atoms with Crippen molar-refractivity contribution in [1.82, 2.24) is 0 Å². The number of anilines is 1. The molecular formula is C20H19F2NO6S. The molecule has 2 aromatic rings. The van der Waals surface area contributed by atoms with Crippen molar-refractivity contribution in [3.63, 3.8) is 0 Å². The molecule has 7 nitrogen and oxygen atoms in total. The minimum Gasteiger partial charge on any atom is -0.454 e. The highest BCUT2D eigenvalue weighted by Crippen LogP contribution is 2.31. The van der Waals surface area contributed by atoms with Crippen LogP contribution in [0.25, 0.3) is 0 Å². The molecule has 0 saturated carbocycles. The molecule has 0 bridgehead atoms. The van der Waals surface area contributed by atoms with Crippen molar-refractivity contribution in [2.24, 2.45) is 0 Å². The van der Waals surface area contributed by atoms with Crippen molar-refractivity contribution in [3.05, 3.63) is 59.2 Å². The van der Waals surface area contributed by atoms with E-state index in [1.807, 2.05) is 0 Å². The van der Waals surface area contributed by atoms with Crippen LogP contribution in [0, 0.1) is 0 Å². The predicted octanol–water partition coefficient (Wildman–Crippen LogP) is 3.04. The molecule has 0 aromatic heterocycles. The lowest BCUT2D eigenvalue weighted by Crippen LogP contribution is -2.30. The minimum absolute atomic E-state index is 0.0280. The first-order chi connectivity index (χ1) is 14.2. The van der Waals surface area contributed by atoms with Gasteiger partial charge in [-0.2, -0.15) is 8.78 Å². The van der Waals surface area contributed by atoms with Crippen LogP contribution in [0.5, 0.6) is 5.75 Å². The van der Waals surface area contributed by atoms with Crippen molar-refractivity contribution < 1.29 is 36.3 Å². The first kappa shape index (κ1) is 21.7. The second-order valence-corrected chi connectivity index (χ2v) is 8.62. The van der Waals surface area contributed by atoms with Crippen LogP contribution in [0.4, 0.5) is 14.5 Å². The molecule has 160 valence electrons. The summed E-state index contributed by atoms with van der Waals surface area (Å²) in [7, 11) is -3.40. The Kier molecular flexibility index (Phi) is 6.35. The number of Topliss-reactive ketones (excluding diaryl/α,β-unsaturated/α-hetero) is 1. The van der Waals surface area contributed by atoms with Crippen LogP contribution in [0.3, 0.4) is 0 Å². The quantitative estimate of drug-likeness (QED) is 0.464. The number of esters is 1. The molecule has 0 aliphatic carbocycles. The van der Waals surface area contributed by atoms with E-state index in [4.69, 9.17) is 4.74 Å². The Morgan fingerprint density at radius 2 is 1.90 bits per heavy atom. The number of carbonyl (C=O) groups excluding carboxylic acids is 2. The van der Waals surface area contributed by atoms with Gasteiger partial charge in [0.15, 0.2) is 12.4 Å². The SMILES string of the molecule is CCS(=O)(=O)N1CCc2cc(C(=O)COC(=O)c3ccccc3OC(F)F)ccc21. The second-order valence-electron chi connectivity index (χ2n) is 6.44. The van der Waals surface area contributed by atoms with Crippen molar-refractivity contribution in [2.75, 3.05) is 23.2 Å². The van der Waals surface area contributed by atoms with Crippen molar-refractivity contribution in [3.8, 4) is 5.75 Å². The molecule has 1 aliphatic rings. The standard InChI is InChI=1S/C20H19F2NO6S/c1-2-30(26,27)23-10-9-13-11-14(7-8-16(13)23)17(24)12-28-19(25)15-5-3-4-6-18(15)29-20(21)22/h3-8,11,20H,2,9-10,12H2,1H3. The van der Waals surface area contributed by atoms with E-state index in [0.717, 1.165) is 0 Å². The number of ether oxygens (including phenoxy) is 2. The monoisotopic (exact) mass is 439 g/mol. The zero-order valence-corrected chi connectivity index (χ0v) is 16.8. The average molecular weight is 439 g/mol. The van der Waals surface area contributed by atoms with Gasteiger partial charge in [-0.1, -0.05) is 12.1 Å². The third kappa shape index (κ3) is 4.59. The van der Waals surface area contributed by atoms with Crippen LogP contribution in [0.15, 0.2) is 42.5 Å². The molecule has 2 aromatic carbocycles. The maximum atomic E-state index is 12.5. The molecule has 0 fully saturated rings. The van der Waals surface area contributed by atoms with Crippen LogP contribution < -0.4 is 9.04 Å². The van der Waals surface area contributed by atoms with Crippen LogP contribution in [0.1, 0.15) is 33.2 Å². The fourth-order valence-electron chi connectivity index (χ4n) is 3.12. The van der Waals surface area contributed by atoms with E-state index in [-0.39, 0.29) is 22.6 Å². The average Bonchev–Trinajstić information content (AvgIpc) is 3.16. The van der Waals surface area contributed by atoms with E-state index in [1.165, 1.54) is 34.6 Å². The van der Waals surface area contributed by atoms with Crippen LogP contribution in [-0.2, 0) is 21.2 Å². The van der Waals surface area contributed by atoms with Crippen LogP contribution in [0.2, 0.25) is 0 Å². The number of benzene rings is 2. The number of hydrogen-bond donors (Lipinski definition) is 0. The van der Waals surface area contributed by atoms with Gasteiger partial charge in [0.1, 0.15) is 11.3 Å². The summed E-state index contributed by atoms with van der Waals surface area (Å²) in [4.78, 5) is 24.6. The molecule has 0 radical (unpaired) electrons. The van der Waals surface area contributed by atoms with E-state index < -0.39 is 35.0 Å². The third-order valence-corrected chi connectivity index (χ3v) is 6.39. The van der Waals surface area contributed by atoms with E-state index in [9.17, 15) is 26.8 Å². The molecule has 10 heteroatoms. The highest BCUT2D eigenvalue weighted by atomic mass is 32.2. The molecule has 1 aliphatic heterocycles. The molecule has 0 unspecified atom stereocenters. The topological polar surface area (TPSA) is 90.0 Å². The Morgan fingerprint density at radius 1 is 1.17 bits per heavy atom. The summed E-state index contributed by atoms with van der Waals surface area (Å²) in [5.74, 6) is -1.85. The van der Waals surface area contributed by atoms with Gasteiger partial charge in [0, 0.05) is 12.1 Å². The summed E-state index contributed by atoms with van der Waals surface area (Å²) in [5.41, 5.74) is 1.28. The number of carbonyl (C=O) groups is 2. The maximum absolute atomic E-state index is 12.5. The Bertz CT molecular complexity index is 1070. The van der Waals surface area contributed by atoms with Crippen LogP contribution in [-0.4, -0.2) is 45.7 Å². The van der Waals surface area contributed by atoms with Crippen molar-refractivity contribution in [2.45, 2.75) is 20.0 Å². The van der Waals surface area contributed by atoms with Gasteiger partial charge in [-0.25, -0.2) is 13.2 Å². The van der Waals surface area contributed by atoms with Crippen LogP contribution >= 0.6 is 0 Å². The summed E-state index contributed by atoms with van der Waals surface area (Å²) in [6, 6.07) is 9.91. The van der Waals surface area contributed by atoms with Gasteiger partial charge >= 0.3 is 12.6 Å². The number of halogens is 2. The predicted molar refractivity (Wildman–Crippen MR) is 105 cm³/mol. The van der Waals surface area contributed by atoms with Gasteiger partial charge in [-0.15, -0.1) is 0 Å². The Morgan fingerprint density at radius 3 is 2.60 bits per heavy atom. The van der Waals surface area contributed by atoms with E-state index >= 15 is 0 Å². The number of ketones is 1. The Balaban J connectivity index is 1.69. The highest BCUT2D eigenvalue weighted by molar-refractivity contribution is 7.92. The zero-order valence-electron chi connectivity index (χ0n) is 16.0. The zero-order chi connectivity index (χ0) is 21.9. The first-order valence-corrected chi connectivity index (χ1v) is 10.7. The molecule has 1 heterocycles. The third-order valence-electron chi connectivity index (χ3n) is 4.61. The highest BCUT2D eigenvalue weighted by Gasteiger charge is 2.28. The number of para-hydroxylation sites is 1. The van der Waals surface area contributed by atoms with E-state index in [0.29, 0.717) is 24.2 Å². The number of nitrogens with zero attached hydrogens (tertiary/aromatic N) is 1. The number of rotatable bonds is 8. The van der Waals surface area contributed by atoms with Gasteiger partial charge in [0.2, 0.25) is 10.0 Å². The second kappa shape index (κ2) is 8.78. The smallest absolute Gasteiger partial charge is 0.387 e. The van der Waals surface area contributed by atoms with Gasteiger partial charge in [-0.05, 0) is 49.2 Å². The lowest BCUT2D eigenvalue weighted by Gasteiger charge is -2.18. The Hall–Kier alpha value is -3.01. The summed E-state index contributed by atoms with van der Waals surface area (Å²) in [6.45, 7) is -1.84. The van der Waals surface area contributed by atoms with Gasteiger partial charge in [0.05, 0.1) is 11.4 Å². The van der Waals surface area contributed by atoms with Gasteiger partial charge in [0.25, 0.3) is 0 Å². The molecule has 3 rings (SSSR count). The van der Waals surface area contributed by atoms with Crippen molar-refractivity contribution >= 4 is 27.5 Å². The minimum atomic E-state index is -3.40. The molecule has 0 amide bonds. The summed E-state index contributed by atoms with van der Waals surface area (Å²) in [6.07, 6.45) is 0.466. The number of sulfonamides is 1. The van der Waals surface area contributed by atoms with Gasteiger partial charge < -0.3 is 9.47 Å². The summed E-state index contributed by atoms with van der Waals surface area (Å²) in [5, 5.41) is 0. The molecule has 30 heavy (non-hydrogen) atoms. The molecule has 0 atom stereocenters. The maximum Gasteiger partial charge on any atom is 0.387 e. The number of alkyl halides is 2. The molecule has 0 saturated heterocycles. The number of fused-ring (bicyclic) bond motifs is 1. The summed E-state index contributed by atoms with van der Waals surface area (Å²) < 4.78 is 59.8. The molecular weight excluding hydrogens is 420 g/mol. The molecule has 0 N–H and O–H groups in total. The lowest BCUT2D eigenvalue weighted by molar-refractivity contribution is -0.0504. The lowest BCUT2D eigenvalue weighted by atomic mass is 10.1. The van der Waals surface area contributed by atoms with E-state index in [2.05, 4.69) is 4.74 Å². The number of hydrogen-bond acceptors (Lipinski definition) is 6. The summed E-state index contributed by atoms with van der Waals surface area (Å²) >= 11 is 0. The normalized spacial score (nSPS) is 13.3. The largest absolute Gasteiger partial charge is 0.454 e. The van der Waals surface area contributed by atoms with E-state index in [1.54, 1.807) is 19.1 Å². The molecule has 0 spiro atoms. The van der Waals surface area contributed by atoms with Gasteiger partial charge in [-0.3, -0.25) is 9.10 Å². The first-order valence-electron chi connectivity index (χ1n) is 9.10. The van der Waals surface area contributed by atoms with Crippen molar-refractivity contribution in [1.29, 1.82) is 0 Å². The fraction of sp³-hybridized carbons (Fsp3) is 0.300.